The number of carboxylic acid groups (broad SMARTS) is 1. The molecular weight excluding hydrogens is 460 g/mol. The Labute approximate surface area is 210 Å². The van der Waals surface area contributed by atoms with Gasteiger partial charge in [0.05, 0.1) is 22.8 Å². The fourth-order valence-corrected chi connectivity index (χ4v) is 6.36. The van der Waals surface area contributed by atoms with Gasteiger partial charge in [-0.05, 0) is 72.6 Å². The molecular formula is C29H38O5S. The molecule has 0 atom stereocenters. The third-order valence-electron chi connectivity index (χ3n) is 6.83. The topological polar surface area (TPSA) is 80.7 Å². The molecule has 1 aliphatic heterocycles. The van der Waals surface area contributed by atoms with E-state index in [1.165, 1.54) is 19.3 Å². The number of aromatic carboxylic acids is 1. The maximum Gasteiger partial charge on any atom is 0.335 e. The molecule has 35 heavy (non-hydrogen) atoms. The molecule has 0 spiro atoms. The van der Waals surface area contributed by atoms with Crippen molar-refractivity contribution < 1.29 is 23.1 Å². The van der Waals surface area contributed by atoms with Crippen LogP contribution in [0.5, 0.6) is 5.75 Å². The molecule has 2 aromatic carbocycles. The molecule has 5 nitrogen and oxygen atoms in total. The van der Waals surface area contributed by atoms with Crippen LogP contribution >= 0.6 is 0 Å². The van der Waals surface area contributed by atoms with Gasteiger partial charge >= 0.3 is 5.97 Å². The average molecular weight is 499 g/mol. The Bertz CT molecular complexity index is 1170. The van der Waals surface area contributed by atoms with Gasteiger partial charge < -0.3 is 9.84 Å². The van der Waals surface area contributed by atoms with Crippen LogP contribution in [0.1, 0.15) is 99.7 Å². The zero-order valence-corrected chi connectivity index (χ0v) is 22.2. The van der Waals surface area contributed by atoms with E-state index >= 15 is 0 Å². The Morgan fingerprint density at radius 2 is 1.77 bits per heavy atom. The van der Waals surface area contributed by atoms with Crippen LogP contribution in [-0.2, 0) is 15.3 Å². The quantitative estimate of drug-likeness (QED) is 0.278. The van der Waals surface area contributed by atoms with E-state index in [9.17, 15) is 13.2 Å². The molecule has 1 N–H and O–H groups in total. The summed E-state index contributed by atoms with van der Waals surface area (Å²) in [5.74, 6) is -0.207. The second kappa shape index (κ2) is 11.4. The summed E-state index contributed by atoms with van der Waals surface area (Å²) >= 11 is 0. The van der Waals surface area contributed by atoms with Crippen molar-refractivity contribution in [1.29, 1.82) is 0 Å². The molecule has 2 aromatic rings. The van der Waals surface area contributed by atoms with Crippen molar-refractivity contribution in [2.75, 3.05) is 12.4 Å². The summed E-state index contributed by atoms with van der Waals surface area (Å²) < 4.78 is 32.5. The van der Waals surface area contributed by atoms with E-state index in [-0.39, 0.29) is 16.7 Å². The molecule has 0 aliphatic carbocycles. The molecule has 0 bridgehead atoms. The van der Waals surface area contributed by atoms with Crippen LogP contribution in [0.3, 0.4) is 0 Å². The third kappa shape index (κ3) is 6.75. The third-order valence-corrected chi connectivity index (χ3v) is 8.67. The smallest absolute Gasteiger partial charge is 0.335 e. The lowest BCUT2D eigenvalue weighted by Crippen LogP contribution is -2.18. The van der Waals surface area contributed by atoms with E-state index in [4.69, 9.17) is 9.84 Å². The van der Waals surface area contributed by atoms with Crippen LogP contribution in [0, 0.1) is 0 Å². The molecule has 190 valence electrons. The van der Waals surface area contributed by atoms with E-state index in [0.29, 0.717) is 23.7 Å². The number of carbonyl (C=O) groups is 1. The Morgan fingerprint density at radius 1 is 1.09 bits per heavy atom. The molecule has 0 saturated carbocycles. The number of carboxylic acids is 1. The number of hydrogen-bond acceptors (Lipinski definition) is 4. The van der Waals surface area contributed by atoms with Gasteiger partial charge in [0.15, 0.2) is 9.84 Å². The first-order valence-corrected chi connectivity index (χ1v) is 14.3. The zero-order chi connectivity index (χ0) is 25.6. The molecule has 3 rings (SSSR count). The minimum Gasteiger partial charge on any atom is -0.493 e. The van der Waals surface area contributed by atoms with Crippen molar-refractivity contribution >= 4 is 27.5 Å². The van der Waals surface area contributed by atoms with Crippen molar-refractivity contribution in [2.45, 2.75) is 83.0 Å². The highest BCUT2D eigenvalue weighted by Gasteiger charge is 2.34. The fourth-order valence-electron chi connectivity index (χ4n) is 4.66. The van der Waals surface area contributed by atoms with Crippen LogP contribution in [0.2, 0.25) is 0 Å². The number of rotatable bonds is 10. The average Bonchev–Trinajstić information content (AvgIpc) is 2.89. The van der Waals surface area contributed by atoms with Crippen LogP contribution in [0.15, 0.2) is 41.3 Å². The summed E-state index contributed by atoms with van der Waals surface area (Å²) in [6.07, 6.45) is 9.00. The predicted molar refractivity (Wildman–Crippen MR) is 142 cm³/mol. The summed E-state index contributed by atoms with van der Waals surface area (Å²) in [6.45, 7) is 8.92. The number of unbranched alkanes of at least 4 members (excludes halogenated alkanes) is 4. The standard InChI is InChI=1S/C29H38O5S/c1-5-6-7-8-9-16-34-26-20-27-25(29(3,4)15-10-17-35(27,32)33)19-24(26)21(2)18-22-11-13-23(14-12-22)28(30)31/h11-14,18-20H,5-10,15-17H2,1-4H3,(H,30,31). The molecule has 0 saturated heterocycles. The number of allylic oxidation sites excluding steroid dienone is 1. The summed E-state index contributed by atoms with van der Waals surface area (Å²) in [7, 11) is -3.38. The second-order valence-corrected chi connectivity index (χ2v) is 12.2. The number of ether oxygens (including phenoxy) is 1. The molecule has 0 amide bonds. The summed E-state index contributed by atoms with van der Waals surface area (Å²) in [5.41, 5.74) is 3.51. The summed E-state index contributed by atoms with van der Waals surface area (Å²) in [5, 5.41) is 9.17. The van der Waals surface area contributed by atoms with Gasteiger partial charge in [-0.2, -0.15) is 0 Å². The highest BCUT2D eigenvalue weighted by Crippen LogP contribution is 2.42. The van der Waals surface area contributed by atoms with E-state index < -0.39 is 15.8 Å². The zero-order valence-electron chi connectivity index (χ0n) is 21.4. The van der Waals surface area contributed by atoms with Gasteiger partial charge in [0.25, 0.3) is 0 Å². The Hall–Kier alpha value is -2.60. The van der Waals surface area contributed by atoms with Gasteiger partial charge in [-0.15, -0.1) is 0 Å². The van der Waals surface area contributed by atoms with Gasteiger partial charge in [-0.25, -0.2) is 13.2 Å². The van der Waals surface area contributed by atoms with Gasteiger partial charge in [0, 0.05) is 5.56 Å². The lowest BCUT2D eigenvalue weighted by Gasteiger charge is -2.26. The Balaban J connectivity index is 2.03. The first-order valence-electron chi connectivity index (χ1n) is 12.6. The summed E-state index contributed by atoms with van der Waals surface area (Å²) in [4.78, 5) is 11.6. The highest BCUT2D eigenvalue weighted by molar-refractivity contribution is 7.91. The molecule has 0 aromatic heterocycles. The first-order chi connectivity index (χ1) is 16.5. The van der Waals surface area contributed by atoms with E-state index in [1.807, 2.05) is 19.1 Å². The minimum absolute atomic E-state index is 0.157. The van der Waals surface area contributed by atoms with Crippen molar-refractivity contribution in [1.82, 2.24) is 0 Å². The van der Waals surface area contributed by atoms with Crippen LogP contribution in [0.4, 0.5) is 0 Å². The first kappa shape index (κ1) is 27.0. The second-order valence-electron chi connectivity index (χ2n) is 10.2. The van der Waals surface area contributed by atoms with Gasteiger partial charge in [-0.3, -0.25) is 0 Å². The van der Waals surface area contributed by atoms with Crippen molar-refractivity contribution in [3.63, 3.8) is 0 Å². The van der Waals surface area contributed by atoms with Crippen molar-refractivity contribution in [3.8, 4) is 5.75 Å². The maximum atomic E-state index is 13.1. The minimum atomic E-state index is -3.38. The van der Waals surface area contributed by atoms with Gasteiger partial charge in [0.1, 0.15) is 5.75 Å². The van der Waals surface area contributed by atoms with E-state index in [1.54, 1.807) is 30.3 Å². The molecule has 0 unspecified atom stereocenters. The fraction of sp³-hybridized carbons (Fsp3) is 0.483. The molecule has 6 heteroatoms. The Morgan fingerprint density at radius 3 is 2.43 bits per heavy atom. The number of hydrogen-bond donors (Lipinski definition) is 1. The monoisotopic (exact) mass is 498 g/mol. The number of sulfone groups is 1. The lowest BCUT2D eigenvalue weighted by molar-refractivity contribution is 0.0697. The molecule has 1 heterocycles. The van der Waals surface area contributed by atoms with Gasteiger partial charge in [-0.1, -0.05) is 64.7 Å². The highest BCUT2D eigenvalue weighted by atomic mass is 32.2. The number of fused-ring (bicyclic) bond motifs is 1. The normalized spacial score (nSPS) is 16.9. The molecule has 0 fully saturated rings. The number of benzene rings is 2. The largest absolute Gasteiger partial charge is 0.493 e. The van der Waals surface area contributed by atoms with E-state index in [2.05, 4.69) is 20.8 Å². The van der Waals surface area contributed by atoms with Crippen LogP contribution < -0.4 is 4.74 Å². The van der Waals surface area contributed by atoms with Crippen LogP contribution in [0.25, 0.3) is 11.6 Å². The van der Waals surface area contributed by atoms with Crippen LogP contribution in [-0.4, -0.2) is 31.9 Å². The predicted octanol–water partition coefficient (Wildman–Crippen LogP) is 7.14. The lowest BCUT2D eigenvalue weighted by atomic mass is 9.79. The maximum absolute atomic E-state index is 13.1. The van der Waals surface area contributed by atoms with Crippen molar-refractivity contribution in [3.05, 3.63) is 58.7 Å². The Kier molecular flexibility index (Phi) is 8.81. The molecule has 1 aliphatic rings. The van der Waals surface area contributed by atoms with E-state index in [0.717, 1.165) is 41.5 Å². The molecule has 0 radical (unpaired) electrons. The summed E-state index contributed by atoms with van der Waals surface area (Å²) in [6, 6.07) is 10.5. The van der Waals surface area contributed by atoms with Gasteiger partial charge in [0.2, 0.25) is 0 Å². The SMILES string of the molecule is CCCCCCCOc1cc2c(cc1C(C)=Cc1ccc(C(=O)O)cc1)C(C)(C)CCCS2(=O)=O. The van der Waals surface area contributed by atoms with Crippen molar-refractivity contribution in [2.24, 2.45) is 0 Å².